The number of fused-ring (bicyclic) bond motifs is 1. The van der Waals surface area contributed by atoms with Crippen LogP contribution in [0.15, 0.2) is 71.8 Å². The molecule has 0 aliphatic heterocycles. The second-order valence-corrected chi connectivity index (χ2v) is 8.66. The van der Waals surface area contributed by atoms with E-state index in [1.807, 2.05) is 0 Å². The Morgan fingerprint density at radius 2 is 1.68 bits per heavy atom. The molecule has 4 aromatic heterocycles. The van der Waals surface area contributed by atoms with Crippen LogP contribution in [-0.4, -0.2) is 46.8 Å². The molecule has 4 heterocycles. The highest BCUT2D eigenvalue weighted by Gasteiger charge is 2.18. The maximum absolute atomic E-state index is 15.1. The highest BCUT2D eigenvalue weighted by atomic mass is 19.1. The van der Waals surface area contributed by atoms with Crippen molar-refractivity contribution in [3.05, 3.63) is 94.4 Å². The summed E-state index contributed by atoms with van der Waals surface area (Å²) >= 11 is 0. The normalized spacial score (nSPS) is 10.8. The Labute approximate surface area is 233 Å². The fourth-order valence-corrected chi connectivity index (χ4v) is 4.14. The van der Waals surface area contributed by atoms with Crippen LogP contribution in [0, 0.1) is 12.7 Å². The highest BCUT2D eigenvalue weighted by Crippen LogP contribution is 2.35. The number of nitrogens with one attached hydrogen (secondary N) is 1. The molecule has 208 valence electrons. The van der Waals surface area contributed by atoms with Crippen LogP contribution in [0.2, 0.25) is 0 Å². The molecular weight excluding hydrogens is 533 g/mol. The molecule has 0 bridgehead atoms. The number of hydrogen-bond acceptors (Lipinski definition) is 9. The van der Waals surface area contributed by atoms with Gasteiger partial charge in [0.15, 0.2) is 23.1 Å². The molecule has 0 spiro atoms. The molecular formula is C29H24FN5O6. The van der Waals surface area contributed by atoms with Crippen molar-refractivity contribution in [1.29, 1.82) is 0 Å². The number of aryl methyl sites for hydroxylation is 1. The summed E-state index contributed by atoms with van der Waals surface area (Å²) in [6, 6.07) is 13.3. The lowest BCUT2D eigenvalue weighted by Gasteiger charge is -2.14. The highest BCUT2D eigenvalue weighted by molar-refractivity contribution is 6.04. The van der Waals surface area contributed by atoms with Crippen molar-refractivity contribution >= 4 is 22.6 Å². The zero-order valence-electron chi connectivity index (χ0n) is 22.5. The summed E-state index contributed by atoms with van der Waals surface area (Å²) in [6.07, 6.45) is 2.99. The standard InChI is InChI=1S/C29H24FN5O6/c1-16-5-7-19(29(37)35(16)18-9-11-32-25(14-18)39-3)27(36)33-17-6-8-22(20(30)13-17)41-23-10-12-31-21-15-24(38-2)28(40-4)34-26(21)23/h5-15H,1-4H3,(H,33,36). The van der Waals surface area contributed by atoms with Crippen LogP contribution in [-0.2, 0) is 0 Å². The molecule has 1 aromatic carbocycles. The zero-order valence-corrected chi connectivity index (χ0v) is 22.5. The maximum Gasteiger partial charge on any atom is 0.268 e. The third-order valence-electron chi connectivity index (χ3n) is 6.14. The number of ether oxygens (including phenoxy) is 4. The number of anilines is 1. The predicted molar refractivity (Wildman–Crippen MR) is 148 cm³/mol. The molecule has 5 rings (SSSR count). The number of benzene rings is 1. The van der Waals surface area contributed by atoms with E-state index in [1.165, 1.54) is 62.6 Å². The van der Waals surface area contributed by atoms with Gasteiger partial charge in [0.1, 0.15) is 11.1 Å². The minimum Gasteiger partial charge on any atom is -0.491 e. The van der Waals surface area contributed by atoms with Gasteiger partial charge < -0.3 is 24.3 Å². The van der Waals surface area contributed by atoms with Gasteiger partial charge >= 0.3 is 0 Å². The minimum atomic E-state index is -0.751. The Morgan fingerprint density at radius 3 is 2.41 bits per heavy atom. The summed E-state index contributed by atoms with van der Waals surface area (Å²) in [5.74, 6) is -0.417. The largest absolute Gasteiger partial charge is 0.491 e. The van der Waals surface area contributed by atoms with Gasteiger partial charge in [-0.15, -0.1) is 0 Å². The van der Waals surface area contributed by atoms with Crippen LogP contribution >= 0.6 is 0 Å². The molecule has 41 heavy (non-hydrogen) atoms. The van der Waals surface area contributed by atoms with E-state index < -0.39 is 17.3 Å². The van der Waals surface area contributed by atoms with Crippen molar-refractivity contribution in [3.63, 3.8) is 0 Å². The number of halogens is 1. The van der Waals surface area contributed by atoms with Crippen molar-refractivity contribution in [2.24, 2.45) is 0 Å². The van der Waals surface area contributed by atoms with Gasteiger partial charge in [0.25, 0.3) is 17.3 Å². The predicted octanol–water partition coefficient (Wildman–Crippen LogP) is 4.69. The monoisotopic (exact) mass is 557 g/mol. The number of aromatic nitrogens is 4. The first-order valence-corrected chi connectivity index (χ1v) is 12.2. The van der Waals surface area contributed by atoms with Crippen molar-refractivity contribution in [3.8, 4) is 34.7 Å². The van der Waals surface area contributed by atoms with Crippen molar-refractivity contribution in [1.82, 2.24) is 19.5 Å². The lowest BCUT2D eigenvalue weighted by atomic mass is 10.2. The summed E-state index contributed by atoms with van der Waals surface area (Å²) in [5, 5.41) is 2.57. The fourth-order valence-electron chi connectivity index (χ4n) is 4.14. The third-order valence-corrected chi connectivity index (χ3v) is 6.14. The average Bonchev–Trinajstić information content (AvgIpc) is 2.98. The van der Waals surface area contributed by atoms with E-state index in [0.717, 1.165) is 6.07 Å². The molecule has 0 saturated carbocycles. The second-order valence-electron chi connectivity index (χ2n) is 8.66. The molecule has 0 fully saturated rings. The van der Waals surface area contributed by atoms with E-state index in [4.69, 9.17) is 18.9 Å². The molecule has 12 heteroatoms. The molecule has 0 atom stereocenters. The van der Waals surface area contributed by atoms with E-state index in [0.29, 0.717) is 34.0 Å². The van der Waals surface area contributed by atoms with Gasteiger partial charge in [-0.05, 0) is 37.3 Å². The zero-order chi connectivity index (χ0) is 29.1. The van der Waals surface area contributed by atoms with Crippen LogP contribution in [0.4, 0.5) is 10.1 Å². The molecule has 0 radical (unpaired) electrons. The number of carbonyl (C=O) groups excluding carboxylic acids is 1. The molecule has 1 amide bonds. The molecule has 11 nitrogen and oxygen atoms in total. The molecule has 1 N–H and O–H groups in total. The first kappa shape index (κ1) is 27.1. The lowest BCUT2D eigenvalue weighted by Crippen LogP contribution is -2.29. The second kappa shape index (κ2) is 11.3. The summed E-state index contributed by atoms with van der Waals surface area (Å²) < 4.78 is 37.9. The third kappa shape index (κ3) is 5.35. The van der Waals surface area contributed by atoms with E-state index in [-0.39, 0.29) is 28.6 Å². The number of hydrogen-bond donors (Lipinski definition) is 1. The Kier molecular flexibility index (Phi) is 7.46. The van der Waals surface area contributed by atoms with Gasteiger partial charge in [-0.25, -0.2) is 14.4 Å². The van der Waals surface area contributed by atoms with E-state index in [9.17, 15) is 9.59 Å². The van der Waals surface area contributed by atoms with Crippen molar-refractivity contribution < 1.29 is 28.1 Å². The number of rotatable bonds is 8. The van der Waals surface area contributed by atoms with Gasteiger partial charge in [-0.3, -0.25) is 19.1 Å². The molecule has 0 aliphatic carbocycles. The smallest absolute Gasteiger partial charge is 0.268 e. The van der Waals surface area contributed by atoms with Gasteiger partial charge in [0, 0.05) is 48.0 Å². The first-order chi connectivity index (χ1) is 19.8. The van der Waals surface area contributed by atoms with E-state index >= 15 is 4.39 Å². The van der Waals surface area contributed by atoms with Gasteiger partial charge in [0.05, 0.1) is 32.5 Å². The number of pyridine rings is 4. The van der Waals surface area contributed by atoms with Crippen LogP contribution < -0.4 is 29.8 Å². The molecule has 5 aromatic rings. The quantitative estimate of drug-likeness (QED) is 0.289. The van der Waals surface area contributed by atoms with E-state index in [1.54, 1.807) is 31.2 Å². The van der Waals surface area contributed by atoms with Gasteiger partial charge in [-0.1, -0.05) is 0 Å². The molecule has 0 aliphatic rings. The Hall–Kier alpha value is -5.52. The lowest BCUT2D eigenvalue weighted by molar-refractivity contribution is 0.102. The van der Waals surface area contributed by atoms with E-state index in [2.05, 4.69) is 20.3 Å². The fraction of sp³-hybridized carbons (Fsp3) is 0.138. The number of nitrogens with zero attached hydrogens (tertiary/aromatic N) is 4. The minimum absolute atomic E-state index is 0.114. The van der Waals surface area contributed by atoms with Crippen LogP contribution in [0.3, 0.4) is 0 Å². The SMILES string of the molecule is COc1cc(-n2c(C)ccc(C(=O)Nc3ccc(Oc4ccnc5cc(OC)c(OC)nc45)c(F)c3)c2=O)ccn1. The molecule has 0 unspecified atom stereocenters. The first-order valence-electron chi connectivity index (χ1n) is 12.2. The Morgan fingerprint density at radius 1 is 0.878 bits per heavy atom. The summed E-state index contributed by atoms with van der Waals surface area (Å²) in [7, 11) is 4.39. The average molecular weight is 558 g/mol. The topological polar surface area (TPSA) is 127 Å². The maximum atomic E-state index is 15.1. The summed E-state index contributed by atoms with van der Waals surface area (Å²) in [6.45, 7) is 1.73. The van der Waals surface area contributed by atoms with Gasteiger partial charge in [-0.2, -0.15) is 0 Å². The summed E-state index contributed by atoms with van der Waals surface area (Å²) in [5.41, 5.74) is 1.31. The Bertz CT molecular complexity index is 1840. The van der Waals surface area contributed by atoms with Crippen LogP contribution in [0.1, 0.15) is 16.1 Å². The number of carbonyl (C=O) groups is 1. The number of methoxy groups -OCH3 is 3. The molecule has 0 saturated heterocycles. The van der Waals surface area contributed by atoms with Gasteiger partial charge in [0.2, 0.25) is 5.88 Å². The number of amides is 1. The van der Waals surface area contributed by atoms with Crippen molar-refractivity contribution in [2.45, 2.75) is 6.92 Å². The summed E-state index contributed by atoms with van der Waals surface area (Å²) in [4.78, 5) is 39.0. The van der Waals surface area contributed by atoms with Crippen LogP contribution in [0.25, 0.3) is 16.7 Å². The van der Waals surface area contributed by atoms with Crippen molar-refractivity contribution in [2.75, 3.05) is 26.6 Å². The van der Waals surface area contributed by atoms with Crippen LogP contribution in [0.5, 0.6) is 29.0 Å². The Balaban J connectivity index is 1.40.